The fraction of sp³-hybridized carbons (Fsp3) is 0.750. The Labute approximate surface area is 149 Å². The zero-order valence-electron chi connectivity index (χ0n) is 13.7. The molecule has 0 aromatic heterocycles. The zero-order valence-corrected chi connectivity index (χ0v) is 14.5. The number of nitrogens with two attached hydrogens (primary N) is 1. The third kappa shape index (κ3) is 3.82. The van der Waals surface area contributed by atoms with E-state index in [-0.39, 0.29) is 18.6 Å². The first-order chi connectivity index (χ1) is 12.2. The van der Waals surface area contributed by atoms with Crippen LogP contribution in [0.1, 0.15) is 19.3 Å². The summed E-state index contributed by atoms with van der Waals surface area (Å²) in [5, 5.41) is 7.93. The molecule has 13 nitrogen and oxygen atoms in total. The molecule has 3 amide bonds. The van der Waals surface area contributed by atoms with Crippen molar-refractivity contribution in [1.29, 1.82) is 5.41 Å². The van der Waals surface area contributed by atoms with Crippen LogP contribution < -0.4 is 11.2 Å². The van der Waals surface area contributed by atoms with E-state index < -0.39 is 34.4 Å². The molecule has 3 rings (SSSR count). The van der Waals surface area contributed by atoms with Crippen LogP contribution >= 0.6 is 0 Å². The van der Waals surface area contributed by atoms with Gasteiger partial charge in [0.2, 0.25) is 0 Å². The fourth-order valence-corrected chi connectivity index (χ4v) is 3.75. The summed E-state index contributed by atoms with van der Waals surface area (Å²) in [6.07, 6.45) is 0.886. The van der Waals surface area contributed by atoms with Crippen LogP contribution in [-0.2, 0) is 24.3 Å². The molecule has 3 aliphatic heterocycles. The zero-order chi connectivity index (χ0) is 19.1. The van der Waals surface area contributed by atoms with Crippen molar-refractivity contribution >= 4 is 28.3 Å². The van der Waals surface area contributed by atoms with Crippen LogP contribution in [0.5, 0.6) is 0 Å². The van der Waals surface area contributed by atoms with Gasteiger partial charge in [-0.3, -0.25) is 19.6 Å². The molecule has 1 unspecified atom stereocenters. The molecule has 146 valence electrons. The smallest absolute Gasteiger partial charge is 0.370 e. The summed E-state index contributed by atoms with van der Waals surface area (Å²) in [5.41, 5.74) is 7.71. The molecule has 5 N–H and O–H groups in total. The molecule has 0 aromatic carbocycles. The van der Waals surface area contributed by atoms with Crippen molar-refractivity contribution in [3.8, 4) is 0 Å². The van der Waals surface area contributed by atoms with Crippen LogP contribution in [0.4, 0.5) is 4.79 Å². The minimum atomic E-state index is -4.83. The van der Waals surface area contributed by atoms with Crippen LogP contribution in [0.3, 0.4) is 0 Å². The van der Waals surface area contributed by atoms with Crippen LogP contribution in [0.2, 0.25) is 0 Å². The summed E-state index contributed by atoms with van der Waals surface area (Å²) in [4.78, 5) is 32.7. The topological polar surface area (TPSA) is 179 Å². The molecule has 14 heteroatoms. The van der Waals surface area contributed by atoms with E-state index in [0.717, 1.165) is 0 Å². The van der Waals surface area contributed by atoms with Crippen molar-refractivity contribution in [1.82, 2.24) is 20.3 Å². The largest absolute Gasteiger partial charge is 0.418 e. The highest BCUT2D eigenvalue weighted by atomic mass is 32.3. The molecule has 0 spiro atoms. The first-order valence-corrected chi connectivity index (χ1v) is 9.33. The van der Waals surface area contributed by atoms with Crippen molar-refractivity contribution in [2.24, 2.45) is 5.73 Å². The van der Waals surface area contributed by atoms with Gasteiger partial charge in [0.05, 0.1) is 6.04 Å². The summed E-state index contributed by atoms with van der Waals surface area (Å²) < 4.78 is 34.8. The third-order valence-corrected chi connectivity index (χ3v) is 4.96. The van der Waals surface area contributed by atoms with E-state index in [1.165, 1.54) is 4.90 Å². The van der Waals surface area contributed by atoms with Gasteiger partial charge in [-0.1, -0.05) is 0 Å². The number of hydroxylamine groups is 3. The number of hydrogen-bond acceptors (Lipinski definition) is 7. The fourth-order valence-electron chi connectivity index (χ4n) is 3.36. The number of carbonyl (C=O) groups excluding carboxylic acids is 2. The number of piperidine rings is 1. The second-order valence-electron chi connectivity index (χ2n) is 6.34. The first-order valence-electron chi connectivity index (χ1n) is 7.97. The summed E-state index contributed by atoms with van der Waals surface area (Å²) >= 11 is 0. The molecule has 0 aromatic rings. The number of guanidine groups is 1. The molecule has 3 aliphatic rings. The van der Waals surface area contributed by atoms with E-state index in [2.05, 4.69) is 9.76 Å². The van der Waals surface area contributed by atoms with Gasteiger partial charge in [0.15, 0.2) is 5.96 Å². The maximum atomic E-state index is 12.4. The van der Waals surface area contributed by atoms with Crippen molar-refractivity contribution in [2.45, 2.75) is 37.5 Å². The average Bonchev–Trinajstić information content (AvgIpc) is 3.12. The molecule has 2 bridgehead atoms. The minimum Gasteiger partial charge on any atom is -0.370 e. The monoisotopic (exact) mass is 392 g/mol. The highest BCUT2D eigenvalue weighted by molar-refractivity contribution is 7.80. The Morgan fingerprint density at radius 1 is 1.31 bits per heavy atom. The summed E-state index contributed by atoms with van der Waals surface area (Å²) in [6.45, 7) is 1.03. The van der Waals surface area contributed by atoms with E-state index >= 15 is 0 Å². The number of fused-ring (bicyclic) bond motifs is 2. The molecule has 0 radical (unpaired) electrons. The number of nitrogens with one attached hydrogen (secondary N) is 2. The Morgan fingerprint density at radius 3 is 2.65 bits per heavy atom. The van der Waals surface area contributed by atoms with Crippen LogP contribution in [0.15, 0.2) is 0 Å². The average molecular weight is 392 g/mol. The predicted molar refractivity (Wildman–Crippen MR) is 84.5 cm³/mol. The Kier molecular flexibility index (Phi) is 4.92. The standard InChI is InChI=1S/C12H20N6O7S/c13-11(14)16-4-3-8(6-16)24-15-10(19)9-2-1-7-5-17(9)12(20)18(7)25-26(21,22)23/h7-9H,1-6H2,(H3,13,14)(H,15,19)(H,21,22,23)/t7-,8?,9+/m1/s1. The Bertz CT molecular complexity index is 715. The van der Waals surface area contributed by atoms with Gasteiger partial charge in [-0.15, -0.1) is 4.28 Å². The maximum absolute atomic E-state index is 12.4. The Hall–Kier alpha value is -2.16. The maximum Gasteiger partial charge on any atom is 0.418 e. The highest BCUT2D eigenvalue weighted by Crippen LogP contribution is 2.30. The number of rotatable bonds is 5. The molecule has 26 heavy (non-hydrogen) atoms. The lowest BCUT2D eigenvalue weighted by Crippen LogP contribution is -2.50. The van der Waals surface area contributed by atoms with Crippen molar-refractivity contribution < 1.29 is 31.7 Å². The van der Waals surface area contributed by atoms with E-state index in [9.17, 15) is 18.0 Å². The van der Waals surface area contributed by atoms with Crippen molar-refractivity contribution in [3.05, 3.63) is 0 Å². The lowest BCUT2D eigenvalue weighted by Gasteiger charge is -2.29. The molecule has 3 fully saturated rings. The third-order valence-electron chi connectivity index (χ3n) is 4.61. The lowest BCUT2D eigenvalue weighted by atomic mass is 10.0. The van der Waals surface area contributed by atoms with Gasteiger partial charge in [0.25, 0.3) is 5.91 Å². The molecule has 3 heterocycles. The van der Waals surface area contributed by atoms with Crippen LogP contribution in [0.25, 0.3) is 0 Å². The summed E-state index contributed by atoms with van der Waals surface area (Å²) in [6, 6.07) is -2.21. The summed E-state index contributed by atoms with van der Waals surface area (Å²) in [7, 11) is -4.83. The van der Waals surface area contributed by atoms with Crippen LogP contribution in [0, 0.1) is 5.41 Å². The van der Waals surface area contributed by atoms with Gasteiger partial charge in [-0.25, -0.2) is 10.3 Å². The van der Waals surface area contributed by atoms with Gasteiger partial charge in [-0.2, -0.15) is 13.5 Å². The molecular weight excluding hydrogens is 372 g/mol. The highest BCUT2D eigenvalue weighted by Gasteiger charge is 2.49. The number of amides is 3. The summed E-state index contributed by atoms with van der Waals surface area (Å²) in [5.74, 6) is -0.603. The number of carbonyl (C=O) groups is 2. The predicted octanol–water partition coefficient (Wildman–Crippen LogP) is -2.00. The molecule has 3 atom stereocenters. The van der Waals surface area contributed by atoms with Gasteiger partial charge < -0.3 is 15.5 Å². The van der Waals surface area contributed by atoms with Crippen LogP contribution in [-0.4, -0.2) is 83.6 Å². The van der Waals surface area contributed by atoms with Gasteiger partial charge in [0, 0.05) is 19.6 Å². The minimum absolute atomic E-state index is 0.0673. The quantitative estimate of drug-likeness (QED) is 0.178. The number of nitrogens with zero attached hydrogens (tertiary/aromatic N) is 3. The Morgan fingerprint density at radius 2 is 2.04 bits per heavy atom. The van der Waals surface area contributed by atoms with Crippen molar-refractivity contribution in [3.63, 3.8) is 0 Å². The number of hydrogen-bond donors (Lipinski definition) is 4. The van der Waals surface area contributed by atoms with Gasteiger partial charge in [-0.05, 0) is 19.3 Å². The van der Waals surface area contributed by atoms with E-state index in [0.29, 0.717) is 37.4 Å². The molecule has 0 aliphatic carbocycles. The second kappa shape index (κ2) is 6.86. The van der Waals surface area contributed by atoms with E-state index in [4.69, 9.17) is 20.5 Å². The molecular formula is C12H20N6O7S. The molecule has 0 saturated carbocycles. The number of likely N-dealkylation sites (tertiary alicyclic amines) is 1. The Balaban J connectivity index is 1.55. The lowest BCUT2D eigenvalue weighted by molar-refractivity contribution is -0.143. The van der Waals surface area contributed by atoms with E-state index in [1.54, 1.807) is 4.90 Å². The normalized spacial score (nSPS) is 28.6. The van der Waals surface area contributed by atoms with Gasteiger partial charge in [0.1, 0.15) is 12.1 Å². The first kappa shape index (κ1) is 18.6. The van der Waals surface area contributed by atoms with E-state index in [1.807, 2.05) is 0 Å². The second-order valence-corrected chi connectivity index (χ2v) is 7.34. The molecule has 3 saturated heterocycles. The van der Waals surface area contributed by atoms with Crippen molar-refractivity contribution in [2.75, 3.05) is 19.6 Å². The van der Waals surface area contributed by atoms with Gasteiger partial charge >= 0.3 is 16.4 Å². The SMILES string of the molecule is N=C(N)N1CCC(ONC(=O)[C@@H]2CC[C@@H]3CN2C(=O)N3OS(=O)(=O)O)C1. The number of urea groups is 1.